The molecular formula is C18H25ClN6O6. The van der Waals surface area contributed by atoms with E-state index < -0.39 is 41.7 Å². The van der Waals surface area contributed by atoms with E-state index in [9.17, 15) is 19.2 Å². The number of nitrogens with one attached hydrogen (secondary N) is 4. The maximum Gasteiger partial charge on any atom is 0.419 e. The van der Waals surface area contributed by atoms with Crippen LogP contribution in [-0.2, 0) is 14.3 Å². The topological polar surface area (TPSA) is 162 Å². The summed E-state index contributed by atoms with van der Waals surface area (Å²) in [5.74, 6) is -1.73. The number of anilines is 1. The monoisotopic (exact) mass is 456 g/mol. The van der Waals surface area contributed by atoms with E-state index >= 15 is 0 Å². The Morgan fingerprint density at radius 3 is 2.45 bits per heavy atom. The standard InChI is InChI=1S/C18H25ClN6O6/c1-18(2,3)31-17(30)22-12-9-25(24-16(28)29)7-6-11(12)21-14(26)15(27)23-13-5-4-10(19)8-20-13/h4-5,8,11-12,24H,6-7,9H2,1-3H3,(H,21,26)(H,22,30)(H,28,29)(H,20,23,27)/t11-,12+/m0/s1. The second kappa shape index (κ2) is 10.3. The molecule has 1 aromatic rings. The van der Waals surface area contributed by atoms with Gasteiger partial charge in [-0.3, -0.25) is 15.0 Å². The van der Waals surface area contributed by atoms with Crippen LogP contribution in [0.3, 0.4) is 0 Å². The molecule has 1 aliphatic rings. The number of hydrazine groups is 1. The van der Waals surface area contributed by atoms with Crippen LogP contribution in [0, 0.1) is 0 Å². The number of carboxylic acid groups (broad SMARTS) is 1. The highest BCUT2D eigenvalue weighted by Crippen LogP contribution is 2.13. The van der Waals surface area contributed by atoms with Crippen LogP contribution < -0.4 is 21.4 Å². The van der Waals surface area contributed by atoms with Gasteiger partial charge in [-0.25, -0.2) is 19.6 Å². The summed E-state index contributed by atoms with van der Waals surface area (Å²) in [7, 11) is 0. The van der Waals surface area contributed by atoms with Gasteiger partial charge in [0.1, 0.15) is 11.4 Å². The van der Waals surface area contributed by atoms with Crippen molar-refractivity contribution >= 4 is 41.4 Å². The lowest BCUT2D eigenvalue weighted by molar-refractivity contribution is -0.137. The van der Waals surface area contributed by atoms with E-state index in [1.54, 1.807) is 20.8 Å². The molecule has 1 fully saturated rings. The molecule has 0 unspecified atom stereocenters. The van der Waals surface area contributed by atoms with Crippen molar-refractivity contribution in [2.45, 2.75) is 44.9 Å². The largest absolute Gasteiger partial charge is 0.464 e. The number of rotatable bonds is 4. The van der Waals surface area contributed by atoms with Gasteiger partial charge >= 0.3 is 24.0 Å². The number of ether oxygens (including phenoxy) is 1. The first kappa shape index (κ1) is 24.2. The summed E-state index contributed by atoms with van der Waals surface area (Å²) in [6.45, 7) is 5.39. The minimum absolute atomic E-state index is 0.0524. The first-order valence-electron chi connectivity index (χ1n) is 9.40. The fourth-order valence-electron chi connectivity index (χ4n) is 2.82. The maximum absolute atomic E-state index is 12.4. The van der Waals surface area contributed by atoms with Crippen molar-refractivity contribution in [1.82, 2.24) is 26.1 Å². The summed E-state index contributed by atoms with van der Waals surface area (Å²) in [4.78, 5) is 51.5. The fraction of sp³-hybridized carbons (Fsp3) is 0.500. The van der Waals surface area contributed by atoms with E-state index in [2.05, 4.69) is 26.4 Å². The molecule has 2 atom stereocenters. The molecular weight excluding hydrogens is 432 g/mol. The van der Waals surface area contributed by atoms with Crippen molar-refractivity contribution < 1.29 is 29.0 Å². The average molecular weight is 457 g/mol. The van der Waals surface area contributed by atoms with Crippen LogP contribution in [0.2, 0.25) is 5.02 Å². The highest BCUT2D eigenvalue weighted by Gasteiger charge is 2.34. The van der Waals surface area contributed by atoms with Crippen molar-refractivity contribution in [2.24, 2.45) is 0 Å². The van der Waals surface area contributed by atoms with Crippen LogP contribution in [0.15, 0.2) is 18.3 Å². The van der Waals surface area contributed by atoms with Crippen LogP contribution in [0.25, 0.3) is 0 Å². The number of hydrogen-bond donors (Lipinski definition) is 5. The van der Waals surface area contributed by atoms with E-state index in [1.165, 1.54) is 23.3 Å². The summed E-state index contributed by atoms with van der Waals surface area (Å²) < 4.78 is 5.23. The lowest BCUT2D eigenvalue weighted by Gasteiger charge is -2.38. The third kappa shape index (κ3) is 8.26. The van der Waals surface area contributed by atoms with Gasteiger partial charge in [0.2, 0.25) is 0 Å². The first-order valence-corrected chi connectivity index (χ1v) is 9.78. The Bertz CT molecular complexity index is 828. The predicted molar refractivity (Wildman–Crippen MR) is 110 cm³/mol. The lowest BCUT2D eigenvalue weighted by Crippen LogP contribution is -2.64. The molecule has 1 aliphatic heterocycles. The molecule has 0 radical (unpaired) electrons. The number of hydrogen-bond acceptors (Lipinski definition) is 7. The third-order valence-corrected chi connectivity index (χ3v) is 4.28. The highest BCUT2D eigenvalue weighted by atomic mass is 35.5. The van der Waals surface area contributed by atoms with Gasteiger partial charge in [0.25, 0.3) is 0 Å². The zero-order valence-corrected chi connectivity index (χ0v) is 18.0. The van der Waals surface area contributed by atoms with Gasteiger partial charge in [0.05, 0.1) is 17.1 Å². The maximum atomic E-state index is 12.4. The zero-order chi connectivity index (χ0) is 23.2. The first-order chi connectivity index (χ1) is 14.4. The van der Waals surface area contributed by atoms with Gasteiger partial charge in [0, 0.05) is 19.3 Å². The Morgan fingerprint density at radius 1 is 1.16 bits per heavy atom. The molecule has 4 amide bonds. The Morgan fingerprint density at radius 2 is 1.87 bits per heavy atom. The number of halogens is 1. The molecule has 170 valence electrons. The molecule has 0 bridgehead atoms. The minimum Gasteiger partial charge on any atom is -0.464 e. The number of nitrogens with zero attached hydrogens (tertiary/aromatic N) is 2. The molecule has 12 nitrogen and oxygen atoms in total. The van der Waals surface area contributed by atoms with Gasteiger partial charge in [-0.1, -0.05) is 11.6 Å². The fourth-order valence-corrected chi connectivity index (χ4v) is 2.94. The Labute approximate surface area is 183 Å². The van der Waals surface area contributed by atoms with Crippen LogP contribution >= 0.6 is 11.6 Å². The minimum atomic E-state index is -1.26. The van der Waals surface area contributed by atoms with E-state index in [0.29, 0.717) is 5.02 Å². The van der Waals surface area contributed by atoms with Crippen LogP contribution in [0.1, 0.15) is 27.2 Å². The van der Waals surface area contributed by atoms with Gasteiger partial charge in [-0.2, -0.15) is 0 Å². The van der Waals surface area contributed by atoms with Crippen molar-refractivity contribution in [3.63, 3.8) is 0 Å². The van der Waals surface area contributed by atoms with Crippen LogP contribution in [0.4, 0.5) is 15.4 Å². The number of piperidine rings is 1. The van der Waals surface area contributed by atoms with E-state index in [4.69, 9.17) is 21.4 Å². The van der Waals surface area contributed by atoms with E-state index in [0.717, 1.165) is 0 Å². The summed E-state index contributed by atoms with van der Waals surface area (Å²) >= 11 is 5.74. The third-order valence-electron chi connectivity index (χ3n) is 4.06. The molecule has 0 saturated carbocycles. The summed E-state index contributed by atoms with van der Waals surface area (Å²) in [6, 6.07) is 1.58. The molecule has 2 rings (SSSR count). The molecule has 31 heavy (non-hydrogen) atoms. The zero-order valence-electron chi connectivity index (χ0n) is 17.3. The van der Waals surface area contributed by atoms with Crippen molar-refractivity contribution in [1.29, 1.82) is 0 Å². The van der Waals surface area contributed by atoms with Crippen LogP contribution in [0.5, 0.6) is 0 Å². The van der Waals surface area contributed by atoms with Gasteiger partial charge in [0.15, 0.2) is 0 Å². The van der Waals surface area contributed by atoms with E-state index in [-0.39, 0.29) is 25.3 Å². The molecule has 0 aliphatic carbocycles. The Balaban J connectivity index is 2.02. The number of alkyl carbamates (subject to hydrolysis) is 1. The van der Waals surface area contributed by atoms with E-state index in [1.807, 2.05) is 0 Å². The molecule has 5 N–H and O–H groups in total. The predicted octanol–water partition coefficient (Wildman–Crippen LogP) is 0.940. The molecule has 1 saturated heterocycles. The second-order valence-electron chi connectivity index (χ2n) is 7.80. The van der Waals surface area contributed by atoms with Crippen LogP contribution in [-0.4, -0.2) is 69.9 Å². The van der Waals surface area contributed by atoms with Crippen molar-refractivity contribution in [3.05, 3.63) is 23.4 Å². The van der Waals surface area contributed by atoms with Crippen molar-refractivity contribution in [3.8, 4) is 0 Å². The molecule has 13 heteroatoms. The number of amides is 4. The second-order valence-corrected chi connectivity index (χ2v) is 8.24. The lowest BCUT2D eigenvalue weighted by atomic mass is 10.00. The molecule has 0 aromatic carbocycles. The Kier molecular flexibility index (Phi) is 8.00. The number of carbonyl (C=O) groups excluding carboxylic acids is 3. The summed E-state index contributed by atoms with van der Waals surface area (Å²) in [6.07, 6.45) is -0.405. The SMILES string of the molecule is CC(C)(C)OC(=O)N[C@@H]1CN(NC(=O)O)CC[C@@H]1NC(=O)C(=O)Nc1ccc(Cl)cn1. The summed E-state index contributed by atoms with van der Waals surface area (Å²) in [5, 5.41) is 18.2. The normalized spacial score (nSPS) is 19.1. The average Bonchev–Trinajstić information content (AvgIpc) is 2.63. The number of pyridine rings is 1. The Hall–Kier alpha value is -3.12. The smallest absolute Gasteiger partial charge is 0.419 e. The van der Waals surface area contributed by atoms with Gasteiger partial charge < -0.3 is 25.8 Å². The molecule has 1 aromatic heterocycles. The summed E-state index contributed by atoms with van der Waals surface area (Å²) in [5.41, 5.74) is 1.47. The quantitative estimate of drug-likeness (QED) is 0.418. The number of carbonyl (C=O) groups is 4. The number of aromatic nitrogens is 1. The van der Waals surface area contributed by atoms with Gasteiger partial charge in [-0.05, 0) is 39.3 Å². The highest BCUT2D eigenvalue weighted by molar-refractivity contribution is 6.39. The molecule has 2 heterocycles. The van der Waals surface area contributed by atoms with Crippen molar-refractivity contribution in [2.75, 3.05) is 18.4 Å². The molecule has 0 spiro atoms. The van der Waals surface area contributed by atoms with Gasteiger partial charge in [-0.15, -0.1) is 0 Å².